The third-order valence-corrected chi connectivity index (χ3v) is 4.75. The molecule has 110 valence electrons. The number of rotatable bonds is 3. The van der Waals surface area contributed by atoms with Crippen LogP contribution in [0.4, 0.5) is 13.2 Å². The minimum absolute atomic E-state index is 0.257. The first-order chi connectivity index (χ1) is 9.95. The topological polar surface area (TPSA) is 22.0 Å². The van der Waals surface area contributed by atoms with Gasteiger partial charge in [0.15, 0.2) is 0 Å². The lowest BCUT2D eigenvalue weighted by Crippen LogP contribution is -2.22. The van der Waals surface area contributed by atoms with Crippen LogP contribution in [-0.2, 0) is 6.54 Å². The summed E-state index contributed by atoms with van der Waals surface area (Å²) in [6, 6.07) is 9.26. The molecule has 0 bridgehead atoms. The number of hydrogen-bond donors (Lipinski definition) is 0. The monoisotopic (exact) mass is 311 g/mol. The van der Waals surface area contributed by atoms with Crippen molar-refractivity contribution in [1.29, 1.82) is 0 Å². The Kier molecular flexibility index (Phi) is 3.57. The molecule has 1 aliphatic rings. The van der Waals surface area contributed by atoms with E-state index in [0.717, 1.165) is 5.75 Å². The molecule has 1 aromatic carbocycles. The summed E-state index contributed by atoms with van der Waals surface area (Å²) in [6.07, 6.45) is -2.01. The van der Waals surface area contributed by atoms with Gasteiger partial charge in [0.2, 0.25) is 0 Å². The zero-order valence-corrected chi connectivity index (χ0v) is 11.7. The van der Waals surface area contributed by atoms with Gasteiger partial charge < -0.3 is 4.57 Å². The molecular weight excluding hydrogens is 299 g/mol. The van der Waals surface area contributed by atoms with E-state index >= 15 is 0 Å². The first kappa shape index (κ1) is 14.3. The molecule has 0 radical (unpaired) electrons. The summed E-state index contributed by atoms with van der Waals surface area (Å²) in [7, 11) is 0. The van der Waals surface area contributed by atoms with Crippen molar-refractivity contribution in [3.63, 3.8) is 0 Å². The number of halogens is 3. The van der Waals surface area contributed by atoms with Crippen LogP contribution in [0, 0.1) is 0 Å². The van der Waals surface area contributed by atoms with Gasteiger partial charge in [0.05, 0.1) is 0 Å². The van der Waals surface area contributed by atoms with Crippen molar-refractivity contribution in [3.05, 3.63) is 53.9 Å². The fraction of sp³-hybridized carbons (Fsp3) is 0.267. The Morgan fingerprint density at radius 1 is 1.29 bits per heavy atom. The highest BCUT2D eigenvalue weighted by Gasteiger charge is 2.39. The largest absolute Gasteiger partial charge is 0.454 e. The second-order valence-corrected chi connectivity index (χ2v) is 6.03. The molecule has 2 heterocycles. The highest BCUT2D eigenvalue weighted by atomic mass is 32.2. The Hall–Kier alpha value is -1.69. The number of fused-ring (bicyclic) bond motifs is 1. The second-order valence-electron chi connectivity index (χ2n) is 4.97. The summed E-state index contributed by atoms with van der Waals surface area (Å²) >= 11 is 1.75. The smallest absolute Gasteiger partial charge is 0.353 e. The van der Waals surface area contributed by atoms with Crippen molar-refractivity contribution in [2.45, 2.75) is 23.5 Å². The number of carbonyl (C=O) groups is 1. The molecule has 0 N–H and O–H groups in total. The van der Waals surface area contributed by atoms with E-state index in [4.69, 9.17) is 0 Å². The SMILES string of the molecule is O=C(c1ccn(CC2CSc3ccccc32)c1)C(F)(F)F. The van der Waals surface area contributed by atoms with Gasteiger partial charge in [-0.05, 0) is 17.7 Å². The number of hydrogen-bond acceptors (Lipinski definition) is 2. The maximum Gasteiger partial charge on any atom is 0.454 e. The summed E-state index contributed by atoms with van der Waals surface area (Å²) in [5, 5.41) is 0. The van der Waals surface area contributed by atoms with Gasteiger partial charge in [0.1, 0.15) is 0 Å². The van der Waals surface area contributed by atoms with Crippen molar-refractivity contribution >= 4 is 17.5 Å². The zero-order valence-electron chi connectivity index (χ0n) is 10.9. The minimum Gasteiger partial charge on any atom is -0.353 e. The average Bonchev–Trinajstić information content (AvgIpc) is 3.05. The predicted molar refractivity (Wildman–Crippen MR) is 74.7 cm³/mol. The Morgan fingerprint density at radius 2 is 2.05 bits per heavy atom. The van der Waals surface area contributed by atoms with Crippen molar-refractivity contribution in [1.82, 2.24) is 4.57 Å². The standard InChI is InChI=1S/C15H12F3NOS/c16-15(17,18)14(20)10-5-6-19(7-10)8-11-9-21-13-4-2-1-3-12(11)13/h1-7,11H,8-9H2. The van der Waals surface area contributed by atoms with E-state index in [2.05, 4.69) is 0 Å². The highest BCUT2D eigenvalue weighted by molar-refractivity contribution is 7.99. The number of benzene rings is 1. The maximum atomic E-state index is 12.4. The van der Waals surface area contributed by atoms with Crippen molar-refractivity contribution in [2.24, 2.45) is 0 Å². The van der Waals surface area contributed by atoms with Crippen LogP contribution in [0.3, 0.4) is 0 Å². The Balaban J connectivity index is 1.76. The molecular formula is C15H12F3NOS. The van der Waals surface area contributed by atoms with Gasteiger partial charge in [-0.1, -0.05) is 18.2 Å². The Morgan fingerprint density at radius 3 is 2.81 bits per heavy atom. The van der Waals surface area contributed by atoms with E-state index in [1.807, 2.05) is 24.3 Å². The van der Waals surface area contributed by atoms with Gasteiger partial charge in [-0.2, -0.15) is 13.2 Å². The second kappa shape index (κ2) is 5.26. The molecule has 0 aliphatic carbocycles. The van der Waals surface area contributed by atoms with Crippen molar-refractivity contribution in [2.75, 3.05) is 5.75 Å². The molecule has 1 aromatic heterocycles. The van der Waals surface area contributed by atoms with Gasteiger partial charge in [0, 0.05) is 41.1 Å². The van der Waals surface area contributed by atoms with Crippen LogP contribution in [0.15, 0.2) is 47.6 Å². The highest BCUT2D eigenvalue weighted by Crippen LogP contribution is 2.40. The van der Waals surface area contributed by atoms with E-state index in [-0.39, 0.29) is 11.5 Å². The Labute approximate surface area is 124 Å². The van der Waals surface area contributed by atoms with Gasteiger partial charge in [-0.15, -0.1) is 11.8 Å². The number of nitrogens with zero attached hydrogens (tertiary/aromatic N) is 1. The number of Topliss-reactive ketones (excluding diaryl/α,β-unsaturated/α-hetero) is 1. The number of thioether (sulfide) groups is 1. The molecule has 2 aromatic rings. The normalized spacial score (nSPS) is 17.8. The van der Waals surface area contributed by atoms with Gasteiger partial charge in [-0.3, -0.25) is 4.79 Å². The quantitative estimate of drug-likeness (QED) is 0.795. The average molecular weight is 311 g/mol. The number of carbonyl (C=O) groups excluding carboxylic acids is 1. The Bertz CT molecular complexity index is 678. The zero-order chi connectivity index (χ0) is 15.0. The molecule has 0 spiro atoms. The van der Waals surface area contributed by atoms with Gasteiger partial charge in [-0.25, -0.2) is 0 Å². The van der Waals surface area contributed by atoms with E-state index in [0.29, 0.717) is 6.54 Å². The molecule has 1 atom stereocenters. The summed E-state index contributed by atoms with van der Waals surface area (Å²) in [5.74, 6) is -0.630. The molecule has 1 unspecified atom stereocenters. The molecule has 0 amide bonds. The fourth-order valence-corrected chi connectivity index (χ4v) is 3.73. The van der Waals surface area contributed by atoms with E-state index in [9.17, 15) is 18.0 Å². The number of ketones is 1. The summed E-state index contributed by atoms with van der Waals surface area (Å²) in [6.45, 7) is 0.579. The molecule has 2 nitrogen and oxygen atoms in total. The van der Waals surface area contributed by atoms with Crippen molar-refractivity contribution in [3.8, 4) is 0 Å². The molecule has 0 saturated carbocycles. The van der Waals surface area contributed by atoms with Gasteiger partial charge in [0.25, 0.3) is 5.78 Å². The molecule has 6 heteroatoms. The predicted octanol–water partition coefficient (Wildman–Crippen LogP) is 4.12. The summed E-state index contributed by atoms with van der Waals surface area (Å²) < 4.78 is 38.8. The number of aromatic nitrogens is 1. The minimum atomic E-state index is -4.82. The third kappa shape index (κ3) is 2.85. The van der Waals surface area contributed by atoms with Crippen LogP contribution in [-0.4, -0.2) is 22.3 Å². The van der Waals surface area contributed by atoms with Crippen LogP contribution in [0.25, 0.3) is 0 Å². The maximum absolute atomic E-state index is 12.4. The number of alkyl halides is 3. The van der Waals surface area contributed by atoms with Gasteiger partial charge >= 0.3 is 6.18 Å². The van der Waals surface area contributed by atoms with E-state index in [1.165, 1.54) is 28.9 Å². The van der Waals surface area contributed by atoms with Crippen LogP contribution < -0.4 is 0 Å². The lowest BCUT2D eigenvalue weighted by Gasteiger charge is -2.11. The summed E-state index contributed by atoms with van der Waals surface area (Å²) in [5.41, 5.74) is 0.918. The van der Waals surface area contributed by atoms with Crippen LogP contribution in [0.2, 0.25) is 0 Å². The van der Waals surface area contributed by atoms with Crippen LogP contribution in [0.5, 0.6) is 0 Å². The first-order valence-electron chi connectivity index (χ1n) is 6.44. The molecule has 21 heavy (non-hydrogen) atoms. The molecule has 1 aliphatic heterocycles. The lowest BCUT2D eigenvalue weighted by molar-refractivity contribution is -0.0885. The molecule has 0 saturated heterocycles. The first-order valence-corrected chi connectivity index (χ1v) is 7.43. The summed E-state index contributed by atoms with van der Waals surface area (Å²) in [4.78, 5) is 12.4. The van der Waals surface area contributed by atoms with Crippen molar-refractivity contribution < 1.29 is 18.0 Å². The van der Waals surface area contributed by atoms with Crippen LogP contribution in [0.1, 0.15) is 21.8 Å². The van der Waals surface area contributed by atoms with E-state index in [1.54, 1.807) is 16.3 Å². The van der Waals surface area contributed by atoms with Crippen LogP contribution >= 0.6 is 11.8 Å². The fourth-order valence-electron chi connectivity index (χ4n) is 2.49. The molecule has 0 fully saturated rings. The van der Waals surface area contributed by atoms with E-state index < -0.39 is 12.0 Å². The third-order valence-electron chi connectivity index (χ3n) is 3.50. The molecule has 3 rings (SSSR count). The lowest BCUT2D eigenvalue weighted by atomic mass is 10.0.